The number of ether oxygens (including phenoxy) is 2. The summed E-state index contributed by atoms with van der Waals surface area (Å²) in [4.78, 5) is 11.8. The van der Waals surface area contributed by atoms with Gasteiger partial charge in [0.2, 0.25) is 0 Å². The van der Waals surface area contributed by atoms with Crippen LogP contribution in [0.5, 0.6) is 5.75 Å². The molecule has 140 valence electrons. The molecule has 0 spiro atoms. The van der Waals surface area contributed by atoms with Crippen LogP contribution in [0.1, 0.15) is 21.5 Å². The van der Waals surface area contributed by atoms with Gasteiger partial charge in [0.25, 0.3) is 0 Å². The molecule has 4 aromatic rings. The fourth-order valence-corrected chi connectivity index (χ4v) is 3.09. The summed E-state index contributed by atoms with van der Waals surface area (Å²) in [5.74, 6) is 0.457. The lowest BCUT2D eigenvalue weighted by molar-refractivity contribution is 0.0601. The van der Waals surface area contributed by atoms with Gasteiger partial charge in [0, 0.05) is 5.39 Å². The molecule has 5 nitrogen and oxygen atoms in total. The first-order valence-electron chi connectivity index (χ1n) is 9.02. The van der Waals surface area contributed by atoms with Crippen LogP contribution in [0.3, 0.4) is 0 Å². The van der Waals surface area contributed by atoms with Crippen molar-refractivity contribution in [3.8, 4) is 5.75 Å². The van der Waals surface area contributed by atoms with Crippen molar-refractivity contribution in [2.45, 2.75) is 13.2 Å². The van der Waals surface area contributed by atoms with E-state index in [-0.39, 0.29) is 5.97 Å². The second-order valence-electron chi connectivity index (χ2n) is 6.49. The van der Waals surface area contributed by atoms with Gasteiger partial charge in [-0.05, 0) is 35.4 Å². The van der Waals surface area contributed by atoms with Gasteiger partial charge in [-0.3, -0.25) is 4.68 Å². The van der Waals surface area contributed by atoms with Crippen LogP contribution in [0, 0.1) is 0 Å². The number of benzene rings is 3. The van der Waals surface area contributed by atoms with Crippen LogP contribution in [0.2, 0.25) is 0 Å². The fraction of sp³-hybridized carbons (Fsp3) is 0.130. The summed E-state index contributed by atoms with van der Waals surface area (Å²) in [5, 5.41) is 5.44. The monoisotopic (exact) mass is 372 g/mol. The van der Waals surface area contributed by atoms with Crippen molar-refractivity contribution in [1.82, 2.24) is 9.78 Å². The molecule has 0 atom stereocenters. The molecule has 0 saturated carbocycles. The first-order chi connectivity index (χ1) is 13.7. The summed E-state index contributed by atoms with van der Waals surface area (Å²) in [7, 11) is 1.38. The zero-order chi connectivity index (χ0) is 19.3. The van der Waals surface area contributed by atoms with E-state index in [1.54, 1.807) is 12.3 Å². The SMILES string of the molecule is COC(=O)c1ccc2cnn(Cc3cccc(OCc4ccccc4)c3)c2c1. The predicted octanol–water partition coefficient (Wildman–Crippen LogP) is 4.45. The van der Waals surface area contributed by atoms with Gasteiger partial charge in [-0.15, -0.1) is 0 Å². The van der Waals surface area contributed by atoms with Crippen LogP contribution >= 0.6 is 0 Å². The van der Waals surface area contributed by atoms with Crippen LogP contribution < -0.4 is 4.74 Å². The van der Waals surface area contributed by atoms with E-state index in [1.165, 1.54) is 7.11 Å². The quantitative estimate of drug-likeness (QED) is 0.469. The summed E-state index contributed by atoms with van der Waals surface area (Å²) in [6.07, 6.45) is 1.80. The molecule has 0 radical (unpaired) electrons. The number of esters is 1. The first kappa shape index (κ1) is 17.8. The maximum Gasteiger partial charge on any atom is 0.337 e. The highest BCUT2D eigenvalue weighted by Crippen LogP contribution is 2.20. The molecule has 0 aliphatic heterocycles. The normalized spacial score (nSPS) is 10.8. The number of aromatic nitrogens is 2. The van der Waals surface area contributed by atoms with E-state index in [1.807, 2.05) is 71.4 Å². The van der Waals surface area contributed by atoms with E-state index in [4.69, 9.17) is 9.47 Å². The summed E-state index contributed by atoms with van der Waals surface area (Å²) in [6, 6.07) is 23.5. The number of carbonyl (C=O) groups excluding carboxylic acids is 1. The molecule has 1 aromatic heterocycles. The second kappa shape index (κ2) is 7.96. The number of hydrogen-bond donors (Lipinski definition) is 0. The Hall–Kier alpha value is -3.60. The molecule has 28 heavy (non-hydrogen) atoms. The lowest BCUT2D eigenvalue weighted by Crippen LogP contribution is -2.04. The van der Waals surface area contributed by atoms with Gasteiger partial charge in [0.1, 0.15) is 12.4 Å². The molecule has 0 aliphatic rings. The molecule has 0 amide bonds. The molecule has 0 aliphatic carbocycles. The average molecular weight is 372 g/mol. The van der Waals surface area contributed by atoms with Gasteiger partial charge in [-0.2, -0.15) is 5.10 Å². The van der Waals surface area contributed by atoms with E-state index in [0.717, 1.165) is 27.8 Å². The maximum atomic E-state index is 11.8. The van der Waals surface area contributed by atoms with Crippen LogP contribution in [0.4, 0.5) is 0 Å². The van der Waals surface area contributed by atoms with Gasteiger partial charge in [-0.25, -0.2) is 4.79 Å². The molecule has 0 saturated heterocycles. The van der Waals surface area contributed by atoms with Crippen molar-refractivity contribution in [3.05, 3.63) is 95.7 Å². The van der Waals surface area contributed by atoms with Crippen molar-refractivity contribution < 1.29 is 14.3 Å². The Morgan fingerprint density at radius 3 is 2.61 bits per heavy atom. The first-order valence-corrected chi connectivity index (χ1v) is 9.02. The molecule has 0 fully saturated rings. The number of rotatable bonds is 6. The van der Waals surface area contributed by atoms with Gasteiger partial charge in [0.15, 0.2) is 0 Å². The molecular formula is C23H20N2O3. The van der Waals surface area contributed by atoms with Crippen molar-refractivity contribution in [3.63, 3.8) is 0 Å². The molecular weight excluding hydrogens is 352 g/mol. The standard InChI is InChI=1S/C23H20N2O3/c1-27-23(26)19-10-11-20-14-24-25(22(20)13-19)15-18-8-5-9-21(12-18)28-16-17-6-3-2-4-7-17/h2-14H,15-16H2,1H3. The molecule has 1 heterocycles. The zero-order valence-electron chi connectivity index (χ0n) is 15.5. The summed E-state index contributed by atoms with van der Waals surface area (Å²) in [5.41, 5.74) is 3.59. The molecule has 4 rings (SSSR count). The van der Waals surface area contributed by atoms with E-state index in [2.05, 4.69) is 5.10 Å². The molecule has 0 N–H and O–H groups in total. The van der Waals surface area contributed by atoms with Gasteiger partial charge in [0.05, 0.1) is 30.9 Å². The van der Waals surface area contributed by atoms with Crippen LogP contribution in [-0.2, 0) is 17.9 Å². The third-order valence-electron chi connectivity index (χ3n) is 4.54. The molecule has 0 bridgehead atoms. The number of nitrogens with zero attached hydrogens (tertiary/aromatic N) is 2. The van der Waals surface area contributed by atoms with E-state index >= 15 is 0 Å². The highest BCUT2D eigenvalue weighted by Gasteiger charge is 2.10. The van der Waals surface area contributed by atoms with Crippen LogP contribution in [-0.4, -0.2) is 22.9 Å². The summed E-state index contributed by atoms with van der Waals surface area (Å²) >= 11 is 0. The minimum absolute atomic E-state index is 0.356. The highest BCUT2D eigenvalue weighted by atomic mass is 16.5. The molecule has 5 heteroatoms. The molecule has 0 unspecified atom stereocenters. The Balaban J connectivity index is 1.53. The van der Waals surface area contributed by atoms with Gasteiger partial charge < -0.3 is 9.47 Å². The highest BCUT2D eigenvalue weighted by molar-refractivity contribution is 5.94. The predicted molar refractivity (Wildman–Crippen MR) is 107 cm³/mol. The second-order valence-corrected chi connectivity index (χ2v) is 6.49. The lowest BCUT2D eigenvalue weighted by atomic mass is 10.1. The van der Waals surface area contributed by atoms with Gasteiger partial charge in [-0.1, -0.05) is 48.5 Å². The van der Waals surface area contributed by atoms with E-state index in [9.17, 15) is 4.79 Å². The fourth-order valence-electron chi connectivity index (χ4n) is 3.09. The Morgan fingerprint density at radius 2 is 1.79 bits per heavy atom. The number of hydrogen-bond acceptors (Lipinski definition) is 4. The number of methoxy groups -OCH3 is 1. The van der Waals surface area contributed by atoms with Crippen molar-refractivity contribution in [2.75, 3.05) is 7.11 Å². The summed E-state index contributed by atoms with van der Waals surface area (Å²) < 4.78 is 12.6. The van der Waals surface area contributed by atoms with E-state index < -0.39 is 0 Å². The zero-order valence-corrected chi connectivity index (χ0v) is 15.5. The smallest absolute Gasteiger partial charge is 0.337 e. The van der Waals surface area contributed by atoms with Crippen molar-refractivity contribution in [2.24, 2.45) is 0 Å². The van der Waals surface area contributed by atoms with Crippen molar-refractivity contribution in [1.29, 1.82) is 0 Å². The maximum absolute atomic E-state index is 11.8. The lowest BCUT2D eigenvalue weighted by Gasteiger charge is -2.09. The van der Waals surface area contributed by atoms with Crippen LogP contribution in [0.15, 0.2) is 79.0 Å². The third kappa shape index (κ3) is 3.88. The third-order valence-corrected chi connectivity index (χ3v) is 4.54. The Morgan fingerprint density at radius 1 is 0.964 bits per heavy atom. The Kier molecular flexibility index (Phi) is 5.06. The van der Waals surface area contributed by atoms with Crippen molar-refractivity contribution >= 4 is 16.9 Å². The largest absolute Gasteiger partial charge is 0.489 e. The van der Waals surface area contributed by atoms with Crippen LogP contribution in [0.25, 0.3) is 10.9 Å². The number of fused-ring (bicyclic) bond motifs is 1. The van der Waals surface area contributed by atoms with Gasteiger partial charge >= 0.3 is 5.97 Å². The average Bonchev–Trinajstić information content (AvgIpc) is 3.14. The molecule has 3 aromatic carbocycles. The number of carbonyl (C=O) groups is 1. The minimum Gasteiger partial charge on any atom is -0.489 e. The summed E-state index contributed by atoms with van der Waals surface area (Å²) in [6.45, 7) is 1.11. The Bertz CT molecular complexity index is 1100. The van der Waals surface area contributed by atoms with E-state index in [0.29, 0.717) is 18.7 Å². The topological polar surface area (TPSA) is 53.3 Å². The minimum atomic E-state index is -0.356. The Labute approximate surface area is 163 Å².